The fraction of sp³-hybridized carbons (Fsp3) is 0.625. The molecule has 114 valence electrons. The fourth-order valence-corrected chi connectivity index (χ4v) is 2.23. The number of likely N-dealkylation sites (N-methyl/N-ethyl adjacent to an activating group) is 1. The minimum absolute atomic E-state index is 0.000156. The number of aromatic nitrogens is 1. The molecule has 0 aromatic carbocycles. The van der Waals surface area contributed by atoms with Crippen LogP contribution in [0.3, 0.4) is 0 Å². The predicted octanol–water partition coefficient (Wildman–Crippen LogP) is 1.12. The van der Waals surface area contributed by atoms with Gasteiger partial charge in [-0.05, 0) is 50.6 Å². The summed E-state index contributed by atoms with van der Waals surface area (Å²) in [6.45, 7) is 3.50. The molecular formula is C16H25N5. The van der Waals surface area contributed by atoms with E-state index in [2.05, 4.69) is 46.7 Å². The van der Waals surface area contributed by atoms with Crippen LogP contribution in [-0.2, 0) is 13.1 Å². The molecule has 2 N–H and O–H groups in total. The first kappa shape index (κ1) is 15.9. The van der Waals surface area contributed by atoms with Crippen LogP contribution in [0.2, 0.25) is 0 Å². The smallest absolute Gasteiger partial charge is 0.0984 e. The van der Waals surface area contributed by atoms with E-state index in [1.165, 1.54) is 18.4 Å². The van der Waals surface area contributed by atoms with E-state index in [4.69, 9.17) is 5.26 Å². The molecule has 1 heterocycles. The average molecular weight is 287 g/mol. The Morgan fingerprint density at radius 2 is 2.24 bits per heavy atom. The second kappa shape index (κ2) is 8.08. The third kappa shape index (κ3) is 5.80. The molecule has 5 nitrogen and oxygen atoms in total. The van der Waals surface area contributed by atoms with Gasteiger partial charge in [0.1, 0.15) is 0 Å². The molecular weight excluding hydrogens is 262 g/mol. The van der Waals surface area contributed by atoms with Crippen LogP contribution in [-0.4, -0.2) is 43.1 Å². The highest BCUT2D eigenvalue weighted by Gasteiger charge is 2.30. The van der Waals surface area contributed by atoms with Crippen LogP contribution >= 0.6 is 0 Å². The summed E-state index contributed by atoms with van der Waals surface area (Å²) in [6, 6.07) is 6.48. The maximum Gasteiger partial charge on any atom is 0.0984 e. The molecule has 0 aliphatic heterocycles. The quantitative estimate of drug-likeness (QED) is 0.667. The largest absolute Gasteiger partial charge is 0.310 e. The van der Waals surface area contributed by atoms with Gasteiger partial charge in [-0.15, -0.1) is 0 Å². The van der Waals surface area contributed by atoms with Gasteiger partial charge in [0.15, 0.2) is 0 Å². The molecule has 1 atom stereocenters. The number of rotatable bonds is 9. The van der Waals surface area contributed by atoms with Crippen molar-refractivity contribution in [3.8, 4) is 6.07 Å². The summed E-state index contributed by atoms with van der Waals surface area (Å²) in [7, 11) is 4.13. The van der Waals surface area contributed by atoms with Crippen LogP contribution in [0.5, 0.6) is 0 Å². The maximum absolute atomic E-state index is 9.12. The molecule has 1 unspecified atom stereocenters. The van der Waals surface area contributed by atoms with Crippen LogP contribution in [0.15, 0.2) is 18.3 Å². The van der Waals surface area contributed by atoms with Crippen LogP contribution in [0.25, 0.3) is 0 Å². The SMILES string of the molecule is CN(C)CCNCc1cc(CNC(C#N)C2CC2)ccn1. The molecule has 5 heteroatoms. The maximum atomic E-state index is 9.12. The van der Waals surface area contributed by atoms with Gasteiger partial charge in [0, 0.05) is 32.4 Å². The number of nitrogens with one attached hydrogen (secondary N) is 2. The first-order valence-electron chi connectivity index (χ1n) is 7.61. The summed E-state index contributed by atoms with van der Waals surface area (Å²) in [5, 5.41) is 15.8. The van der Waals surface area contributed by atoms with Gasteiger partial charge in [-0.3, -0.25) is 10.3 Å². The molecule has 0 amide bonds. The number of nitrogens with zero attached hydrogens (tertiary/aromatic N) is 3. The molecule has 0 radical (unpaired) electrons. The molecule has 0 saturated heterocycles. The summed E-state index contributed by atoms with van der Waals surface area (Å²) in [4.78, 5) is 6.54. The lowest BCUT2D eigenvalue weighted by molar-refractivity contribution is 0.399. The first-order chi connectivity index (χ1) is 10.2. The Morgan fingerprint density at radius 3 is 2.90 bits per heavy atom. The second-order valence-electron chi connectivity index (χ2n) is 5.96. The zero-order chi connectivity index (χ0) is 15.1. The lowest BCUT2D eigenvalue weighted by atomic mass is 10.1. The Morgan fingerprint density at radius 1 is 1.43 bits per heavy atom. The Bertz CT molecular complexity index is 476. The van der Waals surface area contributed by atoms with E-state index < -0.39 is 0 Å². The van der Waals surface area contributed by atoms with Crippen molar-refractivity contribution in [3.63, 3.8) is 0 Å². The van der Waals surface area contributed by atoms with Crippen molar-refractivity contribution in [3.05, 3.63) is 29.6 Å². The molecule has 1 aliphatic rings. The molecule has 0 spiro atoms. The van der Waals surface area contributed by atoms with Gasteiger partial charge in [0.2, 0.25) is 0 Å². The average Bonchev–Trinajstić information content (AvgIpc) is 3.29. The molecule has 1 fully saturated rings. The van der Waals surface area contributed by atoms with Gasteiger partial charge in [-0.2, -0.15) is 5.26 Å². The van der Waals surface area contributed by atoms with E-state index in [-0.39, 0.29) is 6.04 Å². The number of hydrogen-bond acceptors (Lipinski definition) is 5. The Kier molecular flexibility index (Phi) is 6.12. The summed E-state index contributed by atoms with van der Waals surface area (Å²) in [5.74, 6) is 0.559. The van der Waals surface area contributed by atoms with Crippen molar-refractivity contribution in [2.24, 2.45) is 5.92 Å². The van der Waals surface area contributed by atoms with E-state index in [0.717, 1.165) is 31.9 Å². The van der Waals surface area contributed by atoms with Crippen LogP contribution < -0.4 is 10.6 Å². The van der Waals surface area contributed by atoms with Crippen LogP contribution in [0.1, 0.15) is 24.1 Å². The van der Waals surface area contributed by atoms with E-state index in [0.29, 0.717) is 5.92 Å². The van der Waals surface area contributed by atoms with Crippen LogP contribution in [0, 0.1) is 17.2 Å². The highest BCUT2D eigenvalue weighted by atomic mass is 15.1. The van der Waals surface area contributed by atoms with Gasteiger partial charge >= 0.3 is 0 Å². The number of nitriles is 1. The Balaban J connectivity index is 1.76. The number of pyridine rings is 1. The topological polar surface area (TPSA) is 64.0 Å². The van der Waals surface area contributed by atoms with Gasteiger partial charge in [-0.1, -0.05) is 0 Å². The van der Waals surface area contributed by atoms with Crippen molar-refractivity contribution in [1.82, 2.24) is 20.5 Å². The molecule has 2 rings (SSSR count). The summed E-state index contributed by atoms with van der Waals surface area (Å²) in [5.41, 5.74) is 2.24. The van der Waals surface area contributed by atoms with Gasteiger partial charge in [0.05, 0.1) is 17.8 Å². The predicted molar refractivity (Wildman–Crippen MR) is 83.5 cm³/mol. The highest BCUT2D eigenvalue weighted by molar-refractivity contribution is 5.17. The van der Waals surface area contributed by atoms with Crippen LogP contribution in [0.4, 0.5) is 0 Å². The third-order valence-corrected chi connectivity index (χ3v) is 3.68. The van der Waals surface area contributed by atoms with Crippen molar-refractivity contribution >= 4 is 0 Å². The normalized spacial score (nSPS) is 15.9. The number of hydrogen-bond donors (Lipinski definition) is 2. The minimum atomic E-state index is -0.000156. The van der Waals surface area contributed by atoms with E-state index in [1.807, 2.05) is 12.3 Å². The van der Waals surface area contributed by atoms with E-state index in [9.17, 15) is 0 Å². The second-order valence-corrected chi connectivity index (χ2v) is 5.96. The monoisotopic (exact) mass is 287 g/mol. The lowest BCUT2D eigenvalue weighted by Gasteiger charge is -2.12. The minimum Gasteiger partial charge on any atom is -0.310 e. The van der Waals surface area contributed by atoms with Crippen molar-refractivity contribution in [2.75, 3.05) is 27.2 Å². The van der Waals surface area contributed by atoms with Crippen molar-refractivity contribution in [2.45, 2.75) is 32.0 Å². The first-order valence-corrected chi connectivity index (χ1v) is 7.61. The molecule has 1 aromatic rings. The Labute approximate surface area is 127 Å². The Hall–Kier alpha value is -1.48. The summed E-state index contributed by atoms with van der Waals surface area (Å²) >= 11 is 0. The molecule has 1 saturated carbocycles. The fourth-order valence-electron chi connectivity index (χ4n) is 2.23. The zero-order valence-corrected chi connectivity index (χ0v) is 13.0. The van der Waals surface area contributed by atoms with E-state index >= 15 is 0 Å². The van der Waals surface area contributed by atoms with Gasteiger partial charge in [-0.25, -0.2) is 0 Å². The standard InChI is InChI=1S/C16H25N5/c1-21(2)8-7-18-12-15-9-13(5-6-19-15)11-20-16(10-17)14-3-4-14/h5-6,9,14,16,18,20H,3-4,7-8,11-12H2,1-2H3. The molecule has 0 bridgehead atoms. The van der Waals surface area contributed by atoms with Gasteiger partial charge < -0.3 is 10.2 Å². The lowest BCUT2D eigenvalue weighted by Crippen LogP contribution is -2.29. The summed E-state index contributed by atoms with van der Waals surface area (Å²) < 4.78 is 0. The van der Waals surface area contributed by atoms with Crippen molar-refractivity contribution in [1.29, 1.82) is 5.26 Å². The third-order valence-electron chi connectivity index (χ3n) is 3.68. The highest BCUT2D eigenvalue weighted by Crippen LogP contribution is 2.32. The van der Waals surface area contributed by atoms with Gasteiger partial charge in [0.25, 0.3) is 0 Å². The zero-order valence-electron chi connectivity index (χ0n) is 13.0. The summed E-state index contributed by atoms with van der Waals surface area (Å²) in [6.07, 6.45) is 4.21. The van der Waals surface area contributed by atoms with E-state index in [1.54, 1.807) is 0 Å². The van der Waals surface area contributed by atoms with Crippen molar-refractivity contribution < 1.29 is 0 Å². The molecule has 1 aromatic heterocycles. The molecule has 21 heavy (non-hydrogen) atoms. The molecule has 1 aliphatic carbocycles.